The van der Waals surface area contributed by atoms with Gasteiger partial charge >= 0.3 is 0 Å². The molecule has 1 rings (SSSR count). The molecule has 0 saturated carbocycles. The molecule has 0 bridgehead atoms. The van der Waals surface area contributed by atoms with Gasteiger partial charge < -0.3 is 10.5 Å². The Morgan fingerprint density at radius 3 is 2.19 bits per heavy atom. The van der Waals surface area contributed by atoms with Crippen molar-refractivity contribution in [3.63, 3.8) is 0 Å². The van der Waals surface area contributed by atoms with Gasteiger partial charge in [0.05, 0.1) is 22.2 Å². The highest BCUT2D eigenvalue weighted by Crippen LogP contribution is 2.41. The smallest absolute Gasteiger partial charge is 0.157 e. The van der Waals surface area contributed by atoms with Crippen molar-refractivity contribution >= 4 is 9.84 Å². The molecule has 1 aliphatic heterocycles. The van der Waals surface area contributed by atoms with Crippen molar-refractivity contribution < 1.29 is 13.2 Å². The molecule has 1 fully saturated rings. The van der Waals surface area contributed by atoms with E-state index in [0.717, 1.165) is 0 Å². The number of hydrogen-bond donors (Lipinski definition) is 1. The van der Waals surface area contributed by atoms with Crippen LogP contribution in [0.15, 0.2) is 0 Å². The first-order valence-electron chi connectivity index (χ1n) is 5.64. The summed E-state index contributed by atoms with van der Waals surface area (Å²) < 4.78 is 30.2. The van der Waals surface area contributed by atoms with Crippen molar-refractivity contribution in [2.75, 3.05) is 5.75 Å². The maximum atomic E-state index is 12.2. The molecule has 1 aliphatic rings. The van der Waals surface area contributed by atoms with E-state index in [1.807, 2.05) is 27.7 Å². The molecule has 1 saturated heterocycles. The third-order valence-corrected chi connectivity index (χ3v) is 5.51. The molecule has 2 N–H and O–H groups in total. The summed E-state index contributed by atoms with van der Waals surface area (Å²) in [6.07, 6.45) is 0.537. The monoisotopic (exact) mass is 249 g/mol. The minimum absolute atomic E-state index is 0.0283. The van der Waals surface area contributed by atoms with Gasteiger partial charge in [0.25, 0.3) is 0 Å². The molecular weight excluding hydrogens is 226 g/mol. The van der Waals surface area contributed by atoms with Gasteiger partial charge in [-0.05, 0) is 41.0 Å². The highest BCUT2D eigenvalue weighted by Gasteiger charge is 2.51. The average molecular weight is 249 g/mol. The van der Waals surface area contributed by atoms with Crippen molar-refractivity contribution in [3.8, 4) is 0 Å². The number of ether oxygens (including phenoxy) is 1. The fraction of sp³-hybridized carbons (Fsp3) is 1.00. The van der Waals surface area contributed by atoms with Crippen molar-refractivity contribution in [1.29, 1.82) is 0 Å². The van der Waals surface area contributed by atoms with E-state index < -0.39 is 20.7 Å². The van der Waals surface area contributed by atoms with E-state index in [4.69, 9.17) is 10.5 Å². The molecule has 4 nitrogen and oxygen atoms in total. The number of rotatable bonds is 3. The molecule has 0 spiro atoms. The first-order chi connectivity index (χ1) is 6.96. The lowest BCUT2D eigenvalue weighted by atomic mass is 10.0. The predicted molar refractivity (Wildman–Crippen MR) is 65.1 cm³/mol. The van der Waals surface area contributed by atoms with Crippen LogP contribution in [0.2, 0.25) is 0 Å². The standard InChI is InChI=1S/C11H23NO3S/c1-8(12)7-16(13,14)9-6-10(2,3)15-11(9,4)5/h8-9H,6-7,12H2,1-5H3. The summed E-state index contributed by atoms with van der Waals surface area (Å²) in [5, 5.41) is -0.457. The Hall–Kier alpha value is -0.130. The molecule has 0 amide bonds. The minimum atomic E-state index is -3.19. The van der Waals surface area contributed by atoms with Crippen LogP contribution in [0.3, 0.4) is 0 Å². The normalized spacial score (nSPS) is 30.2. The average Bonchev–Trinajstić information content (AvgIpc) is 2.16. The zero-order chi connectivity index (χ0) is 12.8. The Labute approximate surface area is 98.5 Å². The zero-order valence-electron chi connectivity index (χ0n) is 10.8. The molecule has 96 valence electrons. The van der Waals surface area contributed by atoms with E-state index in [1.165, 1.54) is 0 Å². The van der Waals surface area contributed by atoms with Gasteiger partial charge in [-0.1, -0.05) is 0 Å². The third-order valence-electron chi connectivity index (χ3n) is 2.92. The molecule has 0 aliphatic carbocycles. The van der Waals surface area contributed by atoms with E-state index in [2.05, 4.69) is 0 Å². The van der Waals surface area contributed by atoms with E-state index in [-0.39, 0.29) is 17.4 Å². The lowest BCUT2D eigenvalue weighted by Crippen LogP contribution is -2.42. The molecule has 2 atom stereocenters. The Kier molecular flexibility index (Phi) is 3.45. The summed E-state index contributed by atoms with van der Waals surface area (Å²) in [5.41, 5.74) is 4.58. The van der Waals surface area contributed by atoms with Crippen molar-refractivity contribution in [3.05, 3.63) is 0 Å². The van der Waals surface area contributed by atoms with Crippen LogP contribution in [0.4, 0.5) is 0 Å². The summed E-state index contributed by atoms with van der Waals surface area (Å²) in [5.74, 6) is 0.0283. The van der Waals surface area contributed by atoms with Crippen molar-refractivity contribution in [2.24, 2.45) is 5.73 Å². The third kappa shape index (κ3) is 2.96. The van der Waals surface area contributed by atoms with Crippen LogP contribution in [0.1, 0.15) is 41.0 Å². The molecule has 0 aromatic carbocycles. The second kappa shape index (κ2) is 3.96. The molecule has 2 unspecified atom stereocenters. The lowest BCUT2D eigenvalue weighted by Gasteiger charge is -2.27. The second-order valence-electron chi connectivity index (χ2n) is 5.96. The van der Waals surface area contributed by atoms with Crippen molar-refractivity contribution in [1.82, 2.24) is 0 Å². The predicted octanol–water partition coefficient (Wildman–Crippen LogP) is 1.09. The maximum Gasteiger partial charge on any atom is 0.157 e. The Bertz CT molecular complexity index is 357. The highest BCUT2D eigenvalue weighted by atomic mass is 32.2. The zero-order valence-corrected chi connectivity index (χ0v) is 11.6. The van der Waals surface area contributed by atoms with Crippen molar-refractivity contribution in [2.45, 2.75) is 63.5 Å². The van der Waals surface area contributed by atoms with E-state index >= 15 is 0 Å². The SMILES string of the molecule is CC(N)CS(=O)(=O)C1CC(C)(C)OC1(C)C. The van der Waals surface area contributed by atoms with Crippen LogP contribution in [0, 0.1) is 0 Å². The van der Waals surface area contributed by atoms with Crippen LogP contribution in [0.25, 0.3) is 0 Å². The minimum Gasteiger partial charge on any atom is -0.368 e. The van der Waals surface area contributed by atoms with Gasteiger partial charge in [0.15, 0.2) is 9.84 Å². The summed E-state index contributed by atoms with van der Waals surface area (Å²) in [6, 6.07) is -0.329. The van der Waals surface area contributed by atoms with E-state index in [9.17, 15) is 8.42 Å². The largest absolute Gasteiger partial charge is 0.368 e. The Balaban J connectivity index is 2.97. The molecule has 0 radical (unpaired) electrons. The first kappa shape index (κ1) is 13.9. The van der Waals surface area contributed by atoms with Crippen LogP contribution >= 0.6 is 0 Å². The summed E-state index contributed by atoms with van der Waals surface area (Å²) in [6.45, 7) is 9.24. The van der Waals surface area contributed by atoms with Crippen LogP contribution in [0.5, 0.6) is 0 Å². The fourth-order valence-electron chi connectivity index (χ4n) is 2.55. The van der Waals surface area contributed by atoms with Gasteiger partial charge in [-0.25, -0.2) is 8.42 Å². The number of hydrogen-bond acceptors (Lipinski definition) is 4. The molecular formula is C11H23NO3S. The molecule has 16 heavy (non-hydrogen) atoms. The molecule has 1 heterocycles. The molecule has 0 aromatic heterocycles. The van der Waals surface area contributed by atoms with Crippen LogP contribution in [-0.2, 0) is 14.6 Å². The van der Waals surface area contributed by atoms with E-state index in [0.29, 0.717) is 6.42 Å². The first-order valence-corrected chi connectivity index (χ1v) is 7.35. The molecule has 0 aromatic rings. The van der Waals surface area contributed by atoms with E-state index in [1.54, 1.807) is 6.92 Å². The highest BCUT2D eigenvalue weighted by molar-refractivity contribution is 7.92. The second-order valence-corrected chi connectivity index (χ2v) is 8.19. The van der Waals surface area contributed by atoms with Gasteiger partial charge in [0, 0.05) is 6.04 Å². The topological polar surface area (TPSA) is 69.4 Å². The summed E-state index contributed by atoms with van der Waals surface area (Å²) >= 11 is 0. The van der Waals surface area contributed by atoms with Gasteiger partial charge in [0.2, 0.25) is 0 Å². The van der Waals surface area contributed by atoms with Gasteiger partial charge in [0.1, 0.15) is 0 Å². The van der Waals surface area contributed by atoms with Crippen LogP contribution < -0.4 is 5.73 Å². The van der Waals surface area contributed by atoms with Gasteiger partial charge in [-0.3, -0.25) is 0 Å². The summed E-state index contributed by atoms with van der Waals surface area (Å²) in [4.78, 5) is 0. The number of nitrogens with two attached hydrogens (primary N) is 1. The molecule has 5 heteroatoms. The lowest BCUT2D eigenvalue weighted by molar-refractivity contribution is -0.0635. The number of sulfone groups is 1. The summed E-state index contributed by atoms with van der Waals surface area (Å²) in [7, 11) is -3.19. The Morgan fingerprint density at radius 1 is 1.38 bits per heavy atom. The Morgan fingerprint density at radius 2 is 1.88 bits per heavy atom. The van der Waals surface area contributed by atoms with Gasteiger partial charge in [-0.2, -0.15) is 0 Å². The van der Waals surface area contributed by atoms with Crippen LogP contribution in [-0.4, -0.2) is 36.7 Å². The maximum absolute atomic E-state index is 12.2. The van der Waals surface area contributed by atoms with Gasteiger partial charge in [-0.15, -0.1) is 0 Å². The fourth-order valence-corrected chi connectivity index (χ4v) is 5.09. The quantitative estimate of drug-likeness (QED) is 0.813.